The molecule has 1 heterocycles. The summed E-state index contributed by atoms with van der Waals surface area (Å²) < 4.78 is 27.1. The molecule has 0 unspecified atom stereocenters. The number of hydrogen-bond acceptors (Lipinski definition) is 4. The van der Waals surface area contributed by atoms with Gasteiger partial charge in [-0.25, -0.2) is 8.42 Å². The second-order valence-corrected chi connectivity index (χ2v) is 9.08. The highest BCUT2D eigenvalue weighted by molar-refractivity contribution is 7.89. The predicted octanol–water partition coefficient (Wildman–Crippen LogP) is 2.55. The molecule has 9 heteroatoms. The smallest absolute Gasteiger partial charge is 0.243 e. The first-order valence-corrected chi connectivity index (χ1v) is 11.1. The van der Waals surface area contributed by atoms with E-state index in [0.717, 1.165) is 15.4 Å². The molecule has 0 aliphatic carbocycles. The maximum Gasteiger partial charge on any atom is 0.243 e. The summed E-state index contributed by atoms with van der Waals surface area (Å²) in [5.74, 6) is -0.476. The number of sulfonamides is 1. The fraction of sp³-hybridized carbons (Fsp3) is 0.300. The van der Waals surface area contributed by atoms with E-state index < -0.39 is 15.9 Å². The van der Waals surface area contributed by atoms with Gasteiger partial charge in [-0.1, -0.05) is 30.7 Å². The van der Waals surface area contributed by atoms with Gasteiger partial charge in [0.05, 0.1) is 11.4 Å². The molecule has 0 bridgehead atoms. The Morgan fingerprint density at radius 1 is 1.17 bits per heavy atom. The van der Waals surface area contributed by atoms with E-state index in [9.17, 15) is 18.0 Å². The van der Waals surface area contributed by atoms with Crippen LogP contribution in [0, 0.1) is 0 Å². The van der Waals surface area contributed by atoms with Crippen LogP contribution in [0.5, 0.6) is 0 Å². The second-order valence-electron chi connectivity index (χ2n) is 6.70. The van der Waals surface area contributed by atoms with Crippen molar-refractivity contribution in [1.82, 2.24) is 9.62 Å². The third-order valence-electron chi connectivity index (χ3n) is 4.69. The molecule has 0 atom stereocenters. The number of anilines is 1. The second kappa shape index (κ2) is 8.94. The average Bonchev–Trinajstić information content (AvgIpc) is 2.71. The molecule has 0 aromatic heterocycles. The van der Waals surface area contributed by atoms with E-state index in [2.05, 4.69) is 10.6 Å². The predicted molar refractivity (Wildman–Crippen MR) is 111 cm³/mol. The van der Waals surface area contributed by atoms with Crippen LogP contribution in [0.25, 0.3) is 0 Å². The minimum atomic E-state index is -3.84. The van der Waals surface area contributed by atoms with E-state index >= 15 is 0 Å². The molecule has 2 aromatic carbocycles. The zero-order valence-corrected chi connectivity index (χ0v) is 17.5. The molecule has 1 aliphatic rings. The van der Waals surface area contributed by atoms with Crippen LogP contribution in [0.2, 0.25) is 5.02 Å². The summed E-state index contributed by atoms with van der Waals surface area (Å²) in [6.07, 6.45) is 0.805. The number of carbonyl (C=O) groups is 2. The molecule has 2 aromatic rings. The van der Waals surface area contributed by atoms with Crippen LogP contribution in [0.3, 0.4) is 0 Å². The van der Waals surface area contributed by atoms with E-state index in [1.54, 1.807) is 43.3 Å². The van der Waals surface area contributed by atoms with Gasteiger partial charge in [-0.15, -0.1) is 0 Å². The zero-order chi connectivity index (χ0) is 21.0. The van der Waals surface area contributed by atoms with Gasteiger partial charge in [0.1, 0.15) is 0 Å². The first-order chi connectivity index (χ1) is 13.8. The SMILES string of the molecule is CCN(CC(=O)NCc1ccc(Cl)cc1)S(=O)(=O)c1ccc2c(c1)CCC(=O)N2. The summed E-state index contributed by atoms with van der Waals surface area (Å²) >= 11 is 5.84. The molecule has 0 saturated heterocycles. The Morgan fingerprint density at radius 3 is 2.59 bits per heavy atom. The van der Waals surface area contributed by atoms with Crippen molar-refractivity contribution in [3.05, 3.63) is 58.6 Å². The van der Waals surface area contributed by atoms with Crippen molar-refractivity contribution < 1.29 is 18.0 Å². The monoisotopic (exact) mass is 435 g/mol. The summed E-state index contributed by atoms with van der Waals surface area (Å²) in [6.45, 7) is 1.85. The Bertz CT molecular complexity index is 1020. The molecule has 0 saturated carbocycles. The molecule has 1 aliphatic heterocycles. The van der Waals surface area contributed by atoms with Crippen LogP contribution < -0.4 is 10.6 Å². The highest BCUT2D eigenvalue weighted by Crippen LogP contribution is 2.27. The summed E-state index contributed by atoms with van der Waals surface area (Å²) in [7, 11) is -3.84. The van der Waals surface area contributed by atoms with Gasteiger partial charge < -0.3 is 10.6 Å². The van der Waals surface area contributed by atoms with Crippen molar-refractivity contribution in [2.45, 2.75) is 31.2 Å². The van der Waals surface area contributed by atoms with Gasteiger partial charge in [0.25, 0.3) is 0 Å². The number of carbonyl (C=O) groups excluding carboxylic acids is 2. The molecular weight excluding hydrogens is 414 g/mol. The van der Waals surface area contributed by atoms with Crippen LogP contribution in [0.15, 0.2) is 47.4 Å². The molecule has 0 spiro atoms. The summed E-state index contributed by atoms with van der Waals surface area (Å²) in [6, 6.07) is 11.7. The zero-order valence-electron chi connectivity index (χ0n) is 15.9. The van der Waals surface area contributed by atoms with Crippen molar-refractivity contribution in [3.8, 4) is 0 Å². The molecule has 2 N–H and O–H groups in total. The van der Waals surface area contributed by atoms with Gasteiger partial charge in [-0.3, -0.25) is 9.59 Å². The topological polar surface area (TPSA) is 95.6 Å². The number of hydrogen-bond donors (Lipinski definition) is 2. The van der Waals surface area contributed by atoms with Gasteiger partial charge in [0.2, 0.25) is 21.8 Å². The highest BCUT2D eigenvalue weighted by Gasteiger charge is 2.27. The summed E-state index contributed by atoms with van der Waals surface area (Å²) in [5.41, 5.74) is 2.27. The van der Waals surface area contributed by atoms with E-state index in [1.165, 1.54) is 6.07 Å². The quantitative estimate of drug-likeness (QED) is 0.698. The fourth-order valence-corrected chi connectivity index (χ4v) is 4.64. The largest absolute Gasteiger partial charge is 0.351 e. The van der Waals surface area contributed by atoms with Gasteiger partial charge in [0.15, 0.2) is 0 Å². The lowest BCUT2D eigenvalue weighted by Gasteiger charge is -2.22. The van der Waals surface area contributed by atoms with E-state index in [4.69, 9.17) is 11.6 Å². The Balaban J connectivity index is 1.68. The minimum absolute atomic E-state index is 0.0827. The Labute approximate surface area is 175 Å². The molecular formula is C20H22ClN3O4S. The first kappa shape index (κ1) is 21.3. The third-order valence-corrected chi connectivity index (χ3v) is 6.85. The van der Waals surface area contributed by atoms with Gasteiger partial charge in [-0.2, -0.15) is 4.31 Å². The van der Waals surface area contributed by atoms with Gasteiger partial charge in [0, 0.05) is 30.2 Å². The van der Waals surface area contributed by atoms with E-state index in [1.807, 2.05) is 0 Å². The highest BCUT2D eigenvalue weighted by atomic mass is 35.5. The summed E-state index contributed by atoms with van der Waals surface area (Å²) in [5, 5.41) is 6.06. The standard InChI is InChI=1S/C20H22ClN3O4S/c1-2-24(13-20(26)22-12-14-3-6-16(21)7-4-14)29(27,28)17-8-9-18-15(11-17)5-10-19(25)23-18/h3-4,6-9,11H,2,5,10,12-13H2,1H3,(H,22,26)(H,23,25). The molecule has 0 fully saturated rings. The number of fused-ring (bicyclic) bond motifs is 1. The number of nitrogens with zero attached hydrogens (tertiary/aromatic N) is 1. The van der Waals surface area contributed by atoms with Crippen molar-refractivity contribution in [2.75, 3.05) is 18.4 Å². The number of halogens is 1. The molecule has 2 amide bonds. The Morgan fingerprint density at radius 2 is 1.90 bits per heavy atom. The molecule has 3 rings (SSSR count). The van der Waals surface area contributed by atoms with E-state index in [0.29, 0.717) is 23.6 Å². The molecule has 0 radical (unpaired) electrons. The van der Waals surface area contributed by atoms with Crippen molar-refractivity contribution in [1.29, 1.82) is 0 Å². The molecule has 7 nitrogen and oxygen atoms in total. The fourth-order valence-electron chi connectivity index (χ4n) is 3.06. The van der Waals surface area contributed by atoms with Gasteiger partial charge in [-0.05, 0) is 47.9 Å². The van der Waals surface area contributed by atoms with E-state index in [-0.39, 0.29) is 30.4 Å². The lowest BCUT2D eigenvalue weighted by molar-refractivity contribution is -0.121. The number of likely N-dealkylation sites (N-methyl/N-ethyl adjacent to an activating group) is 1. The number of nitrogens with one attached hydrogen (secondary N) is 2. The number of rotatable bonds is 7. The van der Waals surface area contributed by atoms with Crippen LogP contribution >= 0.6 is 11.6 Å². The Kier molecular flexibility index (Phi) is 6.56. The summed E-state index contributed by atoms with van der Waals surface area (Å²) in [4.78, 5) is 23.9. The van der Waals surface area contributed by atoms with Crippen LogP contribution in [0.1, 0.15) is 24.5 Å². The normalized spacial score (nSPS) is 13.7. The third kappa shape index (κ3) is 5.14. The van der Waals surface area contributed by atoms with Crippen molar-refractivity contribution in [3.63, 3.8) is 0 Å². The number of benzene rings is 2. The first-order valence-electron chi connectivity index (χ1n) is 9.23. The number of amides is 2. The Hall–Kier alpha value is -2.42. The van der Waals surface area contributed by atoms with Crippen molar-refractivity contribution in [2.24, 2.45) is 0 Å². The maximum atomic E-state index is 13.0. The average molecular weight is 436 g/mol. The maximum absolute atomic E-state index is 13.0. The van der Waals surface area contributed by atoms with Crippen LogP contribution in [0.4, 0.5) is 5.69 Å². The molecule has 154 valence electrons. The number of aryl methyl sites for hydroxylation is 1. The van der Waals surface area contributed by atoms with Crippen molar-refractivity contribution >= 4 is 39.1 Å². The van der Waals surface area contributed by atoms with Crippen LogP contribution in [-0.4, -0.2) is 37.6 Å². The van der Waals surface area contributed by atoms with Crippen LogP contribution in [-0.2, 0) is 32.6 Å². The lowest BCUT2D eigenvalue weighted by atomic mass is 10.0. The lowest BCUT2D eigenvalue weighted by Crippen LogP contribution is -2.40. The molecule has 29 heavy (non-hydrogen) atoms. The van der Waals surface area contributed by atoms with Gasteiger partial charge >= 0.3 is 0 Å². The minimum Gasteiger partial charge on any atom is -0.351 e.